The second kappa shape index (κ2) is 7.92. The quantitative estimate of drug-likeness (QED) is 0.309. The van der Waals surface area contributed by atoms with Crippen molar-refractivity contribution in [2.24, 2.45) is 5.16 Å². The second-order valence-electron chi connectivity index (χ2n) is 5.62. The van der Waals surface area contributed by atoms with Crippen LogP contribution in [0.5, 0.6) is 0 Å². The molecule has 2 N–H and O–H groups in total. The van der Waals surface area contributed by atoms with Crippen molar-refractivity contribution in [1.29, 1.82) is 0 Å². The highest BCUT2D eigenvalue weighted by atomic mass is 16.6. The van der Waals surface area contributed by atoms with Crippen LogP contribution in [0.25, 0.3) is 0 Å². The van der Waals surface area contributed by atoms with Gasteiger partial charge in [-0.25, -0.2) is 0 Å². The molecule has 0 spiro atoms. The van der Waals surface area contributed by atoms with Gasteiger partial charge in [-0.2, -0.15) is 0 Å². The van der Waals surface area contributed by atoms with E-state index in [2.05, 4.69) is 10.5 Å². The summed E-state index contributed by atoms with van der Waals surface area (Å²) in [7, 11) is 0. The van der Waals surface area contributed by atoms with Gasteiger partial charge in [0.15, 0.2) is 0 Å². The first-order valence-electron chi connectivity index (χ1n) is 8.03. The Morgan fingerprint density at radius 2 is 1.59 bits per heavy atom. The van der Waals surface area contributed by atoms with E-state index in [1.807, 2.05) is 18.2 Å². The number of amides is 1. The maximum atomic E-state index is 12.6. The number of para-hydroxylation sites is 1. The fraction of sp³-hybridized carbons (Fsp3) is 0. The Balaban J connectivity index is 1.94. The molecule has 0 saturated carbocycles. The zero-order chi connectivity index (χ0) is 19.2. The smallest absolute Gasteiger partial charge is 0.270 e. The van der Waals surface area contributed by atoms with E-state index in [4.69, 9.17) is 0 Å². The highest BCUT2D eigenvalue weighted by Gasteiger charge is 2.16. The maximum Gasteiger partial charge on any atom is 0.270 e. The summed E-state index contributed by atoms with van der Waals surface area (Å²) in [5, 5.41) is 26.5. The highest BCUT2D eigenvalue weighted by Crippen LogP contribution is 2.22. The molecule has 0 aliphatic heterocycles. The largest absolute Gasteiger partial charge is 0.410 e. The number of rotatable bonds is 5. The lowest BCUT2D eigenvalue weighted by molar-refractivity contribution is -0.384. The zero-order valence-electron chi connectivity index (χ0n) is 14.1. The molecule has 3 rings (SSSR count). The third-order valence-electron chi connectivity index (χ3n) is 3.90. The summed E-state index contributed by atoms with van der Waals surface area (Å²) in [6.07, 6.45) is 0. The predicted octanol–water partition coefficient (Wildman–Crippen LogP) is 4.07. The van der Waals surface area contributed by atoms with Crippen molar-refractivity contribution in [3.8, 4) is 0 Å². The molecular weight excluding hydrogens is 346 g/mol. The number of carbonyl (C=O) groups excluding carboxylic acids is 1. The van der Waals surface area contributed by atoms with E-state index in [1.165, 1.54) is 24.3 Å². The molecule has 0 heterocycles. The third kappa shape index (κ3) is 3.98. The van der Waals surface area contributed by atoms with Crippen LogP contribution in [0.3, 0.4) is 0 Å². The molecule has 7 heteroatoms. The molecule has 0 saturated heterocycles. The Morgan fingerprint density at radius 3 is 2.30 bits per heavy atom. The molecule has 0 unspecified atom stereocenters. The SMILES string of the molecule is O=C(Nc1ccccc1/C(=N\O)c1ccccc1)c1cccc([N+](=O)[O-])c1. The van der Waals surface area contributed by atoms with Crippen molar-refractivity contribution in [3.05, 3.63) is 106 Å². The number of nitro benzene ring substituents is 1. The fourth-order valence-corrected chi connectivity index (χ4v) is 2.62. The standard InChI is InChI=1S/C20H15N3O4/c24-20(15-9-6-10-16(13-15)23(26)27)21-18-12-5-4-11-17(18)19(22-25)14-7-2-1-3-8-14/h1-13,25H,(H,21,24)/b22-19-. The summed E-state index contributed by atoms with van der Waals surface area (Å²) >= 11 is 0. The molecule has 3 aromatic rings. The topological polar surface area (TPSA) is 105 Å². The molecule has 0 atom stereocenters. The lowest BCUT2D eigenvalue weighted by atomic mass is 10.0. The summed E-state index contributed by atoms with van der Waals surface area (Å²) in [6.45, 7) is 0. The van der Waals surface area contributed by atoms with Crippen molar-refractivity contribution in [2.75, 3.05) is 5.32 Å². The number of carbonyl (C=O) groups is 1. The number of non-ortho nitro benzene ring substituents is 1. The molecular formula is C20H15N3O4. The Morgan fingerprint density at radius 1 is 0.926 bits per heavy atom. The van der Waals surface area contributed by atoms with E-state index in [9.17, 15) is 20.1 Å². The highest BCUT2D eigenvalue weighted by molar-refractivity contribution is 6.17. The van der Waals surface area contributed by atoms with Crippen molar-refractivity contribution >= 4 is 23.0 Å². The van der Waals surface area contributed by atoms with Crippen molar-refractivity contribution < 1.29 is 14.9 Å². The van der Waals surface area contributed by atoms with Gasteiger partial charge in [0.05, 0.1) is 10.6 Å². The number of hydrogen-bond donors (Lipinski definition) is 2. The van der Waals surface area contributed by atoms with Gasteiger partial charge < -0.3 is 10.5 Å². The summed E-state index contributed by atoms with van der Waals surface area (Å²) in [5.74, 6) is -0.503. The Labute approximate surface area is 154 Å². The van der Waals surface area contributed by atoms with Gasteiger partial charge >= 0.3 is 0 Å². The molecule has 0 aliphatic carbocycles. The lowest BCUT2D eigenvalue weighted by Crippen LogP contribution is -2.15. The number of nitrogens with zero attached hydrogens (tertiary/aromatic N) is 2. The number of nitro groups is 1. The zero-order valence-corrected chi connectivity index (χ0v) is 14.1. The van der Waals surface area contributed by atoms with E-state index in [-0.39, 0.29) is 11.3 Å². The van der Waals surface area contributed by atoms with Crippen LogP contribution in [0.4, 0.5) is 11.4 Å². The molecule has 27 heavy (non-hydrogen) atoms. The fourth-order valence-electron chi connectivity index (χ4n) is 2.62. The first-order valence-corrected chi connectivity index (χ1v) is 8.03. The Hall–Kier alpha value is -4.00. The van der Waals surface area contributed by atoms with E-state index in [1.54, 1.807) is 36.4 Å². The van der Waals surface area contributed by atoms with Gasteiger partial charge in [-0.1, -0.05) is 59.8 Å². The number of oxime groups is 1. The summed E-state index contributed by atoms with van der Waals surface area (Å²) < 4.78 is 0. The van der Waals surface area contributed by atoms with Gasteiger partial charge in [0.25, 0.3) is 11.6 Å². The minimum atomic E-state index is -0.559. The van der Waals surface area contributed by atoms with Crippen molar-refractivity contribution in [1.82, 2.24) is 0 Å². The van der Waals surface area contributed by atoms with E-state index < -0.39 is 10.8 Å². The minimum Gasteiger partial charge on any atom is -0.410 e. The van der Waals surface area contributed by atoms with Crippen LogP contribution in [0.2, 0.25) is 0 Å². The molecule has 3 aromatic carbocycles. The van der Waals surface area contributed by atoms with Gasteiger partial charge in [-0.3, -0.25) is 14.9 Å². The first-order chi connectivity index (χ1) is 13.1. The molecule has 7 nitrogen and oxygen atoms in total. The number of nitrogens with one attached hydrogen (secondary N) is 1. The van der Waals surface area contributed by atoms with E-state index in [0.717, 1.165) is 0 Å². The number of anilines is 1. The van der Waals surface area contributed by atoms with Crippen LogP contribution in [-0.2, 0) is 0 Å². The average molecular weight is 361 g/mol. The maximum absolute atomic E-state index is 12.6. The molecule has 0 aromatic heterocycles. The van der Waals surface area contributed by atoms with Crippen LogP contribution in [0.1, 0.15) is 21.5 Å². The minimum absolute atomic E-state index is 0.154. The molecule has 1 amide bonds. The monoisotopic (exact) mass is 361 g/mol. The molecule has 0 radical (unpaired) electrons. The van der Waals surface area contributed by atoms with Crippen LogP contribution in [0.15, 0.2) is 84.0 Å². The van der Waals surface area contributed by atoms with Gasteiger partial charge in [0, 0.05) is 28.8 Å². The van der Waals surface area contributed by atoms with Gasteiger partial charge in [-0.15, -0.1) is 0 Å². The van der Waals surface area contributed by atoms with Crippen LogP contribution in [0, 0.1) is 10.1 Å². The van der Waals surface area contributed by atoms with Crippen LogP contribution in [-0.4, -0.2) is 21.7 Å². The average Bonchev–Trinajstić information content (AvgIpc) is 2.70. The Bertz CT molecular complexity index is 1020. The third-order valence-corrected chi connectivity index (χ3v) is 3.90. The number of hydrogen-bond acceptors (Lipinski definition) is 5. The molecule has 0 fully saturated rings. The lowest BCUT2D eigenvalue weighted by Gasteiger charge is -2.12. The van der Waals surface area contributed by atoms with Gasteiger partial charge in [-0.05, 0) is 12.1 Å². The number of benzene rings is 3. The molecule has 0 bridgehead atoms. The normalized spacial score (nSPS) is 11.0. The van der Waals surface area contributed by atoms with E-state index >= 15 is 0 Å². The molecule has 0 aliphatic rings. The van der Waals surface area contributed by atoms with Gasteiger partial charge in [0.2, 0.25) is 0 Å². The van der Waals surface area contributed by atoms with Crippen LogP contribution >= 0.6 is 0 Å². The summed E-state index contributed by atoms with van der Waals surface area (Å²) in [5.41, 5.74) is 1.90. The van der Waals surface area contributed by atoms with Gasteiger partial charge in [0.1, 0.15) is 5.71 Å². The second-order valence-corrected chi connectivity index (χ2v) is 5.62. The predicted molar refractivity (Wildman–Crippen MR) is 101 cm³/mol. The summed E-state index contributed by atoms with van der Waals surface area (Å²) in [6, 6.07) is 21.4. The first kappa shape index (κ1) is 17.8. The Kier molecular flexibility index (Phi) is 5.22. The van der Waals surface area contributed by atoms with E-state index in [0.29, 0.717) is 22.5 Å². The summed E-state index contributed by atoms with van der Waals surface area (Å²) in [4.78, 5) is 22.9. The molecule has 134 valence electrons. The van der Waals surface area contributed by atoms with Crippen LogP contribution < -0.4 is 5.32 Å². The van der Waals surface area contributed by atoms with Crippen molar-refractivity contribution in [2.45, 2.75) is 0 Å². The van der Waals surface area contributed by atoms with Crippen molar-refractivity contribution in [3.63, 3.8) is 0 Å².